The molecule has 0 radical (unpaired) electrons. The van der Waals surface area contributed by atoms with Crippen molar-refractivity contribution in [1.82, 2.24) is 24.7 Å². The van der Waals surface area contributed by atoms with Crippen LogP contribution in [-0.2, 0) is 6.42 Å². The Labute approximate surface area is 118 Å². The second-order valence-corrected chi connectivity index (χ2v) is 5.65. The zero-order valence-corrected chi connectivity index (χ0v) is 11.9. The highest BCUT2D eigenvalue weighted by Crippen LogP contribution is 2.31. The molecule has 2 aromatic rings. The van der Waals surface area contributed by atoms with Gasteiger partial charge in [-0.05, 0) is 19.8 Å². The summed E-state index contributed by atoms with van der Waals surface area (Å²) in [6.45, 7) is 2.02. The number of hydrogen-bond acceptors (Lipinski definition) is 4. The largest absolute Gasteiger partial charge is 0.348 e. The molecule has 1 fully saturated rings. The average molecular weight is 274 g/mol. The molecule has 3 rings (SSSR count). The molecular weight excluding hydrogens is 252 g/mol. The SMILES string of the molecule is Cc1nnc(C(N)Cc2cnc[nH]2)n1C1CCCCC1. The predicted octanol–water partition coefficient (Wildman–Crippen LogP) is 2.06. The first-order chi connectivity index (χ1) is 9.75. The maximum absolute atomic E-state index is 6.34. The molecule has 108 valence electrons. The Morgan fingerprint density at radius 2 is 2.15 bits per heavy atom. The summed E-state index contributed by atoms with van der Waals surface area (Å²) in [5, 5.41) is 8.57. The number of nitrogens with one attached hydrogen (secondary N) is 1. The molecule has 1 aliphatic carbocycles. The van der Waals surface area contributed by atoms with E-state index in [1.165, 1.54) is 32.1 Å². The third kappa shape index (κ3) is 2.60. The van der Waals surface area contributed by atoms with Gasteiger partial charge in [-0.2, -0.15) is 0 Å². The smallest absolute Gasteiger partial charge is 0.150 e. The van der Waals surface area contributed by atoms with Crippen LogP contribution in [0.2, 0.25) is 0 Å². The molecule has 6 heteroatoms. The number of nitrogens with zero attached hydrogens (tertiary/aromatic N) is 4. The minimum absolute atomic E-state index is 0.140. The molecule has 0 aliphatic heterocycles. The Morgan fingerprint density at radius 3 is 2.85 bits per heavy atom. The molecule has 2 heterocycles. The summed E-state index contributed by atoms with van der Waals surface area (Å²) in [5.74, 6) is 1.89. The molecule has 0 aromatic carbocycles. The first kappa shape index (κ1) is 13.3. The quantitative estimate of drug-likeness (QED) is 0.893. The predicted molar refractivity (Wildman–Crippen MR) is 76.1 cm³/mol. The van der Waals surface area contributed by atoms with E-state index < -0.39 is 0 Å². The number of H-pyrrole nitrogens is 1. The Kier molecular flexibility index (Phi) is 3.82. The second kappa shape index (κ2) is 5.75. The van der Waals surface area contributed by atoms with Gasteiger partial charge in [0, 0.05) is 24.4 Å². The molecule has 2 aromatic heterocycles. The molecule has 0 amide bonds. The van der Waals surface area contributed by atoms with Crippen molar-refractivity contribution in [2.45, 2.75) is 57.5 Å². The summed E-state index contributed by atoms with van der Waals surface area (Å²) in [5.41, 5.74) is 7.37. The monoisotopic (exact) mass is 274 g/mol. The lowest BCUT2D eigenvalue weighted by Crippen LogP contribution is -2.23. The van der Waals surface area contributed by atoms with E-state index in [0.29, 0.717) is 12.5 Å². The van der Waals surface area contributed by atoms with E-state index >= 15 is 0 Å². The van der Waals surface area contributed by atoms with Crippen LogP contribution in [-0.4, -0.2) is 24.7 Å². The summed E-state index contributed by atoms with van der Waals surface area (Å²) in [6.07, 6.45) is 10.5. The van der Waals surface area contributed by atoms with E-state index in [-0.39, 0.29) is 6.04 Å². The van der Waals surface area contributed by atoms with Gasteiger partial charge >= 0.3 is 0 Å². The van der Waals surface area contributed by atoms with Crippen molar-refractivity contribution in [3.05, 3.63) is 29.9 Å². The minimum atomic E-state index is -0.140. The van der Waals surface area contributed by atoms with Gasteiger partial charge < -0.3 is 15.3 Å². The molecule has 1 aliphatic rings. The number of aromatic amines is 1. The van der Waals surface area contributed by atoms with Crippen molar-refractivity contribution in [3.8, 4) is 0 Å². The van der Waals surface area contributed by atoms with Crippen molar-refractivity contribution < 1.29 is 0 Å². The molecule has 3 N–H and O–H groups in total. The highest BCUT2D eigenvalue weighted by molar-refractivity contribution is 5.07. The third-order valence-corrected chi connectivity index (χ3v) is 4.16. The van der Waals surface area contributed by atoms with Crippen molar-refractivity contribution in [1.29, 1.82) is 0 Å². The molecule has 1 atom stereocenters. The van der Waals surface area contributed by atoms with Crippen LogP contribution >= 0.6 is 0 Å². The van der Waals surface area contributed by atoms with Crippen LogP contribution in [0.1, 0.15) is 61.5 Å². The Balaban J connectivity index is 1.82. The fraction of sp³-hybridized carbons (Fsp3) is 0.643. The van der Waals surface area contributed by atoms with Crippen LogP contribution < -0.4 is 5.73 Å². The first-order valence-electron chi connectivity index (χ1n) is 7.40. The fourth-order valence-corrected chi connectivity index (χ4v) is 3.15. The summed E-state index contributed by atoms with van der Waals surface area (Å²) in [4.78, 5) is 7.13. The Hall–Kier alpha value is -1.69. The summed E-state index contributed by atoms with van der Waals surface area (Å²) in [6, 6.07) is 0.375. The summed E-state index contributed by atoms with van der Waals surface area (Å²) in [7, 11) is 0. The maximum atomic E-state index is 6.34. The van der Waals surface area contributed by atoms with E-state index in [2.05, 4.69) is 24.7 Å². The van der Waals surface area contributed by atoms with E-state index in [0.717, 1.165) is 17.3 Å². The van der Waals surface area contributed by atoms with Crippen LogP contribution in [0.4, 0.5) is 0 Å². The highest BCUT2D eigenvalue weighted by atomic mass is 15.3. The standard InChI is InChI=1S/C14H22N6/c1-10-18-19-14(13(15)7-11-8-16-9-17-11)20(10)12-5-3-2-4-6-12/h8-9,12-13H,2-7,15H2,1H3,(H,16,17). The van der Waals surface area contributed by atoms with Crippen LogP contribution in [0, 0.1) is 6.92 Å². The maximum Gasteiger partial charge on any atom is 0.150 e. The Morgan fingerprint density at radius 1 is 1.35 bits per heavy atom. The summed E-state index contributed by atoms with van der Waals surface area (Å²) < 4.78 is 2.26. The zero-order valence-electron chi connectivity index (χ0n) is 11.9. The van der Waals surface area contributed by atoms with E-state index in [1.54, 1.807) is 6.33 Å². The molecule has 1 saturated carbocycles. The molecule has 0 bridgehead atoms. The van der Waals surface area contributed by atoms with Crippen LogP contribution in [0.25, 0.3) is 0 Å². The normalized spacial score (nSPS) is 18.3. The average Bonchev–Trinajstić information content (AvgIpc) is 3.09. The van der Waals surface area contributed by atoms with Crippen molar-refractivity contribution in [2.24, 2.45) is 5.73 Å². The van der Waals surface area contributed by atoms with Gasteiger partial charge in [0.15, 0.2) is 5.82 Å². The number of rotatable bonds is 4. The lowest BCUT2D eigenvalue weighted by Gasteiger charge is -2.26. The lowest BCUT2D eigenvalue weighted by molar-refractivity contribution is 0.335. The van der Waals surface area contributed by atoms with Gasteiger partial charge in [0.2, 0.25) is 0 Å². The van der Waals surface area contributed by atoms with Gasteiger partial charge in [-0.15, -0.1) is 10.2 Å². The molecule has 6 nitrogen and oxygen atoms in total. The number of aryl methyl sites for hydroxylation is 1. The number of nitrogens with two attached hydrogens (primary N) is 1. The molecule has 1 unspecified atom stereocenters. The van der Waals surface area contributed by atoms with E-state index in [9.17, 15) is 0 Å². The van der Waals surface area contributed by atoms with Crippen LogP contribution in [0.5, 0.6) is 0 Å². The second-order valence-electron chi connectivity index (χ2n) is 5.65. The topological polar surface area (TPSA) is 85.4 Å². The van der Waals surface area contributed by atoms with Gasteiger partial charge in [-0.1, -0.05) is 19.3 Å². The summed E-state index contributed by atoms with van der Waals surface area (Å²) >= 11 is 0. The first-order valence-corrected chi connectivity index (χ1v) is 7.40. The van der Waals surface area contributed by atoms with Gasteiger partial charge in [0.05, 0.1) is 12.4 Å². The van der Waals surface area contributed by atoms with Crippen molar-refractivity contribution in [3.63, 3.8) is 0 Å². The fourth-order valence-electron chi connectivity index (χ4n) is 3.15. The van der Waals surface area contributed by atoms with Gasteiger partial charge in [0.1, 0.15) is 5.82 Å². The van der Waals surface area contributed by atoms with Crippen molar-refractivity contribution >= 4 is 0 Å². The number of imidazole rings is 1. The Bertz CT molecular complexity index is 538. The van der Waals surface area contributed by atoms with Gasteiger partial charge in [-0.3, -0.25) is 0 Å². The molecular formula is C14H22N6. The molecule has 0 spiro atoms. The molecule has 20 heavy (non-hydrogen) atoms. The van der Waals surface area contributed by atoms with Crippen LogP contribution in [0.15, 0.2) is 12.5 Å². The van der Waals surface area contributed by atoms with Gasteiger partial charge in [-0.25, -0.2) is 4.98 Å². The number of aromatic nitrogens is 5. The van der Waals surface area contributed by atoms with E-state index in [4.69, 9.17) is 5.73 Å². The zero-order chi connectivity index (χ0) is 13.9. The third-order valence-electron chi connectivity index (χ3n) is 4.16. The van der Waals surface area contributed by atoms with Crippen molar-refractivity contribution in [2.75, 3.05) is 0 Å². The molecule has 0 saturated heterocycles. The van der Waals surface area contributed by atoms with Crippen LogP contribution in [0.3, 0.4) is 0 Å². The number of hydrogen-bond donors (Lipinski definition) is 2. The lowest BCUT2D eigenvalue weighted by atomic mass is 9.95. The highest BCUT2D eigenvalue weighted by Gasteiger charge is 2.24. The minimum Gasteiger partial charge on any atom is -0.348 e. The van der Waals surface area contributed by atoms with Gasteiger partial charge in [0.25, 0.3) is 0 Å². The van der Waals surface area contributed by atoms with E-state index in [1.807, 2.05) is 13.1 Å².